The number of carbonyl (C=O) groups is 2. The maximum Gasteiger partial charge on any atom is 0.331 e. The van der Waals surface area contributed by atoms with Gasteiger partial charge < -0.3 is 4.74 Å². The van der Waals surface area contributed by atoms with Crippen molar-refractivity contribution in [3.05, 3.63) is 23.8 Å². The minimum absolute atomic E-state index is 0.118. The van der Waals surface area contributed by atoms with Crippen LogP contribution < -0.4 is 0 Å². The van der Waals surface area contributed by atoms with Gasteiger partial charge in [0, 0.05) is 23.8 Å². The SMILES string of the molecule is CC[C@@H]1CC2=CC(=O)CC[C@@H]2C2CC[C@@]3(CC)C(C21)[C@@H]1C[C@@H]1[C@@]31C=CC(=O)O1. The highest BCUT2D eigenvalue weighted by Crippen LogP contribution is 2.79. The van der Waals surface area contributed by atoms with Gasteiger partial charge in [0.1, 0.15) is 5.60 Å². The molecule has 1 heterocycles. The lowest BCUT2D eigenvalue weighted by atomic mass is 9.45. The normalized spacial score (nSPS) is 53.2. The van der Waals surface area contributed by atoms with Crippen molar-refractivity contribution in [1.82, 2.24) is 0 Å². The Morgan fingerprint density at radius 1 is 1.18 bits per heavy atom. The van der Waals surface area contributed by atoms with Crippen molar-refractivity contribution < 1.29 is 14.3 Å². The number of hydrogen-bond acceptors (Lipinski definition) is 3. The summed E-state index contributed by atoms with van der Waals surface area (Å²) in [6, 6.07) is 0. The number of rotatable bonds is 2. The fourth-order valence-corrected chi connectivity index (χ4v) is 9.16. The van der Waals surface area contributed by atoms with E-state index in [1.165, 1.54) is 31.3 Å². The van der Waals surface area contributed by atoms with Gasteiger partial charge >= 0.3 is 5.97 Å². The molecule has 4 fully saturated rings. The van der Waals surface area contributed by atoms with Crippen LogP contribution in [0.4, 0.5) is 0 Å². The van der Waals surface area contributed by atoms with E-state index < -0.39 is 0 Å². The van der Waals surface area contributed by atoms with Gasteiger partial charge in [0.25, 0.3) is 0 Å². The van der Waals surface area contributed by atoms with Crippen LogP contribution in [0.1, 0.15) is 65.2 Å². The van der Waals surface area contributed by atoms with E-state index in [4.69, 9.17) is 4.74 Å². The molecule has 3 nitrogen and oxygen atoms in total. The van der Waals surface area contributed by atoms with Crippen LogP contribution in [0, 0.1) is 46.8 Å². The second-order valence-electron chi connectivity index (χ2n) is 10.6. The average molecular weight is 381 g/mol. The largest absolute Gasteiger partial charge is 0.451 e. The summed E-state index contributed by atoms with van der Waals surface area (Å²) < 4.78 is 6.19. The van der Waals surface area contributed by atoms with E-state index in [2.05, 4.69) is 19.9 Å². The summed E-state index contributed by atoms with van der Waals surface area (Å²) in [6.07, 6.45) is 14.9. The minimum Gasteiger partial charge on any atom is -0.451 e. The summed E-state index contributed by atoms with van der Waals surface area (Å²) in [4.78, 5) is 24.3. The molecule has 28 heavy (non-hydrogen) atoms. The van der Waals surface area contributed by atoms with E-state index in [9.17, 15) is 9.59 Å². The molecule has 5 aliphatic carbocycles. The van der Waals surface area contributed by atoms with Crippen LogP contribution in [-0.4, -0.2) is 17.4 Å². The zero-order valence-electron chi connectivity index (χ0n) is 17.2. The van der Waals surface area contributed by atoms with Gasteiger partial charge in [-0.2, -0.15) is 0 Å². The maximum absolute atomic E-state index is 12.2. The Labute approximate surface area is 168 Å². The van der Waals surface area contributed by atoms with Gasteiger partial charge in [0.15, 0.2) is 5.78 Å². The molecule has 0 bridgehead atoms. The smallest absolute Gasteiger partial charge is 0.331 e. The summed E-state index contributed by atoms with van der Waals surface area (Å²) in [7, 11) is 0. The fourth-order valence-electron chi connectivity index (χ4n) is 9.16. The zero-order chi connectivity index (χ0) is 19.3. The highest BCUT2D eigenvalue weighted by atomic mass is 16.6. The van der Waals surface area contributed by atoms with Crippen LogP contribution in [0.15, 0.2) is 23.8 Å². The van der Waals surface area contributed by atoms with Crippen LogP contribution in [0.25, 0.3) is 0 Å². The quantitative estimate of drug-likeness (QED) is 0.643. The van der Waals surface area contributed by atoms with Crippen molar-refractivity contribution in [2.24, 2.45) is 46.8 Å². The monoisotopic (exact) mass is 380 g/mol. The molecule has 0 radical (unpaired) electrons. The summed E-state index contributed by atoms with van der Waals surface area (Å²) in [5, 5.41) is 0. The molecule has 4 saturated carbocycles. The van der Waals surface area contributed by atoms with E-state index in [1.54, 1.807) is 6.08 Å². The molecular weight excluding hydrogens is 348 g/mol. The standard InChI is InChI=1S/C25H32O3/c1-3-14-11-15-12-16(26)5-6-17(15)18-7-9-24(4-2)23(22(14)18)19-13-20(19)25(24)10-8-21(27)28-25/h8,10,12,14,17-20,22-23H,3-7,9,11,13H2,1-2H3/t14-,17+,18?,19-,20+,22?,23?,24+,25+/m1/s1. The minimum atomic E-state index is -0.309. The molecule has 0 saturated heterocycles. The number of ketones is 1. The van der Waals surface area contributed by atoms with Crippen molar-refractivity contribution in [3.63, 3.8) is 0 Å². The molecule has 0 amide bonds. The third-order valence-electron chi connectivity index (χ3n) is 10.1. The Balaban J connectivity index is 1.44. The molecule has 9 atom stereocenters. The number of hydrogen-bond donors (Lipinski definition) is 0. The van der Waals surface area contributed by atoms with Gasteiger partial charge in [-0.3, -0.25) is 4.79 Å². The van der Waals surface area contributed by atoms with Gasteiger partial charge in [-0.05, 0) is 86.2 Å². The summed E-state index contributed by atoms with van der Waals surface area (Å²) in [5.41, 5.74) is 1.31. The lowest BCUT2D eigenvalue weighted by molar-refractivity contribution is -0.175. The number of ether oxygens (including phenoxy) is 1. The maximum atomic E-state index is 12.2. The average Bonchev–Trinajstić information content (AvgIpc) is 3.34. The van der Waals surface area contributed by atoms with E-state index in [-0.39, 0.29) is 17.0 Å². The third kappa shape index (κ3) is 1.92. The molecule has 0 N–H and O–H groups in total. The van der Waals surface area contributed by atoms with E-state index in [1.807, 2.05) is 6.08 Å². The molecule has 1 spiro atoms. The Morgan fingerprint density at radius 3 is 2.75 bits per heavy atom. The Hall–Kier alpha value is -1.38. The third-order valence-corrected chi connectivity index (χ3v) is 10.1. The lowest BCUT2D eigenvalue weighted by Crippen LogP contribution is -2.57. The molecule has 0 aromatic carbocycles. The van der Waals surface area contributed by atoms with Gasteiger partial charge in [-0.25, -0.2) is 4.79 Å². The number of esters is 1. The molecular formula is C25H32O3. The molecule has 3 unspecified atom stereocenters. The highest BCUT2D eigenvalue weighted by molar-refractivity contribution is 5.91. The molecule has 150 valence electrons. The molecule has 3 heteroatoms. The van der Waals surface area contributed by atoms with E-state index in [0.717, 1.165) is 43.4 Å². The van der Waals surface area contributed by atoms with Crippen LogP contribution in [0.2, 0.25) is 0 Å². The first-order chi connectivity index (χ1) is 13.5. The van der Waals surface area contributed by atoms with Gasteiger partial charge in [0.2, 0.25) is 0 Å². The molecule has 6 rings (SSSR count). The second-order valence-corrected chi connectivity index (χ2v) is 10.6. The number of fused-ring (bicyclic) bond motifs is 9. The van der Waals surface area contributed by atoms with E-state index >= 15 is 0 Å². The predicted octanol–water partition coefficient (Wildman–Crippen LogP) is 4.86. The molecule has 0 aromatic rings. The predicted molar refractivity (Wildman–Crippen MR) is 106 cm³/mol. The summed E-state index contributed by atoms with van der Waals surface area (Å²) in [5.74, 6) is 5.03. The first kappa shape index (κ1) is 17.5. The molecule has 0 aromatic heterocycles. The Bertz CT molecular complexity index is 809. The Kier molecular flexibility index (Phi) is 3.50. The van der Waals surface area contributed by atoms with Gasteiger partial charge in [-0.1, -0.05) is 25.8 Å². The molecule has 1 aliphatic heterocycles. The van der Waals surface area contributed by atoms with Crippen molar-refractivity contribution >= 4 is 11.8 Å². The van der Waals surface area contributed by atoms with Crippen LogP contribution in [-0.2, 0) is 14.3 Å². The first-order valence-electron chi connectivity index (χ1n) is 11.7. The summed E-state index contributed by atoms with van der Waals surface area (Å²) >= 11 is 0. The number of carbonyl (C=O) groups excluding carboxylic acids is 2. The Morgan fingerprint density at radius 2 is 2.04 bits per heavy atom. The highest BCUT2D eigenvalue weighted by Gasteiger charge is 2.79. The zero-order valence-corrected chi connectivity index (χ0v) is 17.2. The molecule has 6 aliphatic rings. The number of allylic oxidation sites excluding steroid dienone is 1. The second kappa shape index (κ2) is 5.61. The first-order valence-corrected chi connectivity index (χ1v) is 11.7. The van der Waals surface area contributed by atoms with Crippen LogP contribution >= 0.6 is 0 Å². The topological polar surface area (TPSA) is 43.4 Å². The van der Waals surface area contributed by atoms with Crippen LogP contribution in [0.5, 0.6) is 0 Å². The van der Waals surface area contributed by atoms with Crippen molar-refractivity contribution in [2.45, 2.75) is 70.8 Å². The van der Waals surface area contributed by atoms with Gasteiger partial charge in [0.05, 0.1) is 0 Å². The summed E-state index contributed by atoms with van der Waals surface area (Å²) in [6.45, 7) is 4.69. The van der Waals surface area contributed by atoms with Crippen molar-refractivity contribution in [2.75, 3.05) is 0 Å². The van der Waals surface area contributed by atoms with E-state index in [0.29, 0.717) is 29.5 Å². The van der Waals surface area contributed by atoms with Crippen LogP contribution in [0.3, 0.4) is 0 Å². The van der Waals surface area contributed by atoms with Crippen molar-refractivity contribution in [3.8, 4) is 0 Å². The van der Waals surface area contributed by atoms with Crippen molar-refractivity contribution in [1.29, 1.82) is 0 Å². The fraction of sp³-hybridized carbons (Fsp3) is 0.760. The van der Waals surface area contributed by atoms with Gasteiger partial charge in [-0.15, -0.1) is 0 Å². The lowest BCUT2D eigenvalue weighted by Gasteiger charge is -2.60.